The standard InChI is InChI=1S/C16H24BrNO2/c1-13(12-19-2)11-18-16(6-8-20-9-7-16)14-4-3-5-15(17)10-14/h3-5,10,13,18H,6-9,11-12H2,1-2H3/t13-/m1/s1. The van der Waals surface area contributed by atoms with Crippen molar-refractivity contribution in [1.29, 1.82) is 0 Å². The third kappa shape index (κ3) is 4.04. The zero-order valence-electron chi connectivity index (χ0n) is 12.3. The highest BCUT2D eigenvalue weighted by Crippen LogP contribution is 2.33. The molecule has 1 aliphatic rings. The van der Waals surface area contributed by atoms with Gasteiger partial charge in [0.25, 0.3) is 0 Å². The molecule has 20 heavy (non-hydrogen) atoms. The summed E-state index contributed by atoms with van der Waals surface area (Å²) in [5.41, 5.74) is 1.38. The van der Waals surface area contributed by atoms with Crippen LogP contribution in [0.5, 0.6) is 0 Å². The molecule has 1 aromatic carbocycles. The van der Waals surface area contributed by atoms with Crippen LogP contribution in [0.1, 0.15) is 25.3 Å². The van der Waals surface area contributed by atoms with E-state index in [1.165, 1.54) is 5.56 Å². The second kappa shape index (κ2) is 7.55. The van der Waals surface area contributed by atoms with Crippen molar-refractivity contribution in [3.05, 3.63) is 34.3 Å². The fourth-order valence-corrected chi connectivity index (χ4v) is 3.19. The summed E-state index contributed by atoms with van der Waals surface area (Å²) in [6.07, 6.45) is 2.03. The molecule has 0 aliphatic carbocycles. The number of hydrogen-bond acceptors (Lipinski definition) is 3. The van der Waals surface area contributed by atoms with Crippen molar-refractivity contribution in [3.8, 4) is 0 Å². The molecule has 0 spiro atoms. The van der Waals surface area contributed by atoms with Crippen molar-refractivity contribution >= 4 is 15.9 Å². The highest BCUT2D eigenvalue weighted by Gasteiger charge is 2.34. The SMILES string of the molecule is COC[C@H](C)CNC1(c2cccc(Br)c2)CCOCC1. The summed E-state index contributed by atoms with van der Waals surface area (Å²) in [5, 5.41) is 3.78. The van der Waals surface area contributed by atoms with Crippen LogP contribution in [0.15, 0.2) is 28.7 Å². The minimum Gasteiger partial charge on any atom is -0.384 e. The van der Waals surface area contributed by atoms with Crippen LogP contribution in [-0.4, -0.2) is 33.5 Å². The molecule has 4 heteroatoms. The van der Waals surface area contributed by atoms with Crippen LogP contribution in [0.3, 0.4) is 0 Å². The molecule has 1 saturated heterocycles. The quantitative estimate of drug-likeness (QED) is 0.860. The van der Waals surface area contributed by atoms with Crippen LogP contribution in [0.2, 0.25) is 0 Å². The normalized spacial score (nSPS) is 19.8. The predicted octanol–water partition coefficient (Wildman–Crippen LogP) is 3.33. The van der Waals surface area contributed by atoms with E-state index < -0.39 is 0 Å². The van der Waals surface area contributed by atoms with Gasteiger partial charge in [-0.25, -0.2) is 0 Å². The van der Waals surface area contributed by atoms with E-state index in [1.54, 1.807) is 7.11 Å². The number of hydrogen-bond donors (Lipinski definition) is 1. The predicted molar refractivity (Wildman–Crippen MR) is 84.9 cm³/mol. The number of rotatable bonds is 6. The molecule has 1 heterocycles. The maximum absolute atomic E-state index is 5.55. The van der Waals surface area contributed by atoms with E-state index >= 15 is 0 Å². The average molecular weight is 342 g/mol. The van der Waals surface area contributed by atoms with Crippen LogP contribution in [0.25, 0.3) is 0 Å². The Bertz CT molecular complexity index is 419. The van der Waals surface area contributed by atoms with Gasteiger partial charge in [0.15, 0.2) is 0 Å². The zero-order chi connectivity index (χ0) is 14.4. The molecule has 2 rings (SSSR count). The molecule has 112 valence electrons. The number of nitrogens with one attached hydrogen (secondary N) is 1. The van der Waals surface area contributed by atoms with Crippen molar-refractivity contribution in [2.24, 2.45) is 5.92 Å². The lowest BCUT2D eigenvalue weighted by molar-refractivity contribution is 0.0331. The lowest BCUT2D eigenvalue weighted by atomic mass is 9.82. The Kier molecular flexibility index (Phi) is 6.02. The van der Waals surface area contributed by atoms with E-state index in [9.17, 15) is 0 Å². The highest BCUT2D eigenvalue weighted by atomic mass is 79.9. The maximum atomic E-state index is 5.55. The van der Waals surface area contributed by atoms with Crippen molar-refractivity contribution in [2.75, 3.05) is 33.5 Å². The second-order valence-corrected chi connectivity index (χ2v) is 6.56. The Morgan fingerprint density at radius 3 is 2.80 bits per heavy atom. The zero-order valence-corrected chi connectivity index (χ0v) is 13.9. The van der Waals surface area contributed by atoms with Crippen molar-refractivity contribution < 1.29 is 9.47 Å². The Morgan fingerprint density at radius 2 is 2.15 bits per heavy atom. The first kappa shape index (κ1) is 16.0. The molecule has 1 aromatic rings. The van der Waals surface area contributed by atoms with Gasteiger partial charge in [-0.2, -0.15) is 0 Å². The molecule has 3 nitrogen and oxygen atoms in total. The minimum atomic E-state index is 0.0318. The summed E-state index contributed by atoms with van der Waals surface area (Å²) in [6.45, 7) is 5.60. The monoisotopic (exact) mass is 341 g/mol. The van der Waals surface area contributed by atoms with Gasteiger partial charge in [-0.05, 0) is 36.5 Å². The van der Waals surface area contributed by atoms with E-state index in [0.29, 0.717) is 5.92 Å². The van der Waals surface area contributed by atoms with E-state index in [-0.39, 0.29) is 5.54 Å². The molecule has 0 radical (unpaired) electrons. The number of ether oxygens (including phenoxy) is 2. The minimum absolute atomic E-state index is 0.0318. The Balaban J connectivity index is 2.13. The lowest BCUT2D eigenvalue weighted by Gasteiger charge is -2.39. The summed E-state index contributed by atoms with van der Waals surface area (Å²) < 4.78 is 11.9. The Hall–Kier alpha value is -0.420. The molecule has 1 aliphatic heterocycles. The lowest BCUT2D eigenvalue weighted by Crippen LogP contribution is -2.48. The molecule has 0 saturated carbocycles. The summed E-state index contributed by atoms with van der Waals surface area (Å²) in [4.78, 5) is 0. The summed E-state index contributed by atoms with van der Waals surface area (Å²) in [6, 6.07) is 8.62. The van der Waals surface area contributed by atoms with E-state index in [0.717, 1.165) is 43.7 Å². The van der Waals surface area contributed by atoms with Gasteiger partial charge in [0.2, 0.25) is 0 Å². The molecular weight excluding hydrogens is 318 g/mol. The maximum Gasteiger partial charge on any atom is 0.0499 e. The third-order valence-electron chi connectivity index (χ3n) is 3.96. The topological polar surface area (TPSA) is 30.5 Å². The molecule has 0 bridgehead atoms. The van der Waals surface area contributed by atoms with Crippen molar-refractivity contribution in [3.63, 3.8) is 0 Å². The molecule has 0 aromatic heterocycles. The first-order valence-corrected chi connectivity index (χ1v) is 8.03. The summed E-state index contributed by atoms with van der Waals surface area (Å²) in [7, 11) is 1.76. The number of methoxy groups -OCH3 is 1. The first-order valence-electron chi connectivity index (χ1n) is 7.24. The Labute approximate surface area is 130 Å². The average Bonchev–Trinajstić information content (AvgIpc) is 2.46. The van der Waals surface area contributed by atoms with Crippen molar-refractivity contribution in [1.82, 2.24) is 5.32 Å². The molecule has 0 amide bonds. The number of halogens is 1. The number of benzene rings is 1. The van der Waals surface area contributed by atoms with Crippen LogP contribution >= 0.6 is 15.9 Å². The van der Waals surface area contributed by atoms with Crippen LogP contribution in [0, 0.1) is 5.92 Å². The van der Waals surface area contributed by atoms with E-state index in [2.05, 4.69) is 52.4 Å². The smallest absolute Gasteiger partial charge is 0.0499 e. The van der Waals surface area contributed by atoms with Gasteiger partial charge in [-0.1, -0.05) is 35.0 Å². The molecule has 1 atom stereocenters. The Morgan fingerprint density at radius 1 is 1.40 bits per heavy atom. The second-order valence-electron chi connectivity index (χ2n) is 5.65. The van der Waals surface area contributed by atoms with Crippen LogP contribution in [-0.2, 0) is 15.0 Å². The van der Waals surface area contributed by atoms with Gasteiger partial charge in [-0.15, -0.1) is 0 Å². The van der Waals surface area contributed by atoms with Gasteiger partial charge in [0.1, 0.15) is 0 Å². The molecule has 1 N–H and O–H groups in total. The highest BCUT2D eigenvalue weighted by molar-refractivity contribution is 9.10. The molecule has 1 fully saturated rings. The van der Waals surface area contributed by atoms with Gasteiger partial charge in [0, 0.05) is 43.5 Å². The van der Waals surface area contributed by atoms with Gasteiger partial charge in [0.05, 0.1) is 0 Å². The fraction of sp³-hybridized carbons (Fsp3) is 0.625. The fourth-order valence-electron chi connectivity index (χ4n) is 2.79. The largest absolute Gasteiger partial charge is 0.384 e. The van der Waals surface area contributed by atoms with Gasteiger partial charge >= 0.3 is 0 Å². The van der Waals surface area contributed by atoms with Crippen molar-refractivity contribution in [2.45, 2.75) is 25.3 Å². The third-order valence-corrected chi connectivity index (χ3v) is 4.46. The summed E-state index contributed by atoms with van der Waals surface area (Å²) in [5.74, 6) is 0.506. The van der Waals surface area contributed by atoms with Gasteiger partial charge in [-0.3, -0.25) is 0 Å². The van der Waals surface area contributed by atoms with Gasteiger partial charge < -0.3 is 14.8 Å². The molecular formula is C16H24BrNO2. The van der Waals surface area contributed by atoms with Crippen LogP contribution < -0.4 is 5.32 Å². The van der Waals surface area contributed by atoms with E-state index in [4.69, 9.17) is 9.47 Å². The van der Waals surface area contributed by atoms with Crippen LogP contribution in [0.4, 0.5) is 0 Å². The molecule has 0 unspecified atom stereocenters. The van der Waals surface area contributed by atoms with E-state index in [1.807, 2.05) is 0 Å². The first-order chi connectivity index (χ1) is 9.66. The summed E-state index contributed by atoms with van der Waals surface area (Å²) >= 11 is 3.58.